The molecule has 0 aromatic carbocycles. The lowest BCUT2D eigenvalue weighted by atomic mass is 9.53. The molecule has 8 heteroatoms. The maximum absolute atomic E-state index is 12.6. The van der Waals surface area contributed by atoms with Gasteiger partial charge in [0.15, 0.2) is 6.10 Å². The molecule has 1 N–H and O–H groups in total. The number of esters is 1. The van der Waals surface area contributed by atoms with Crippen LogP contribution < -0.4 is 5.32 Å². The second-order valence-electron chi connectivity index (χ2n) is 8.53. The second-order valence-corrected chi connectivity index (χ2v) is 8.53. The van der Waals surface area contributed by atoms with Crippen molar-refractivity contribution in [3.63, 3.8) is 0 Å². The lowest BCUT2D eigenvalue weighted by Gasteiger charge is -2.57. The second kappa shape index (κ2) is 7.07. The van der Waals surface area contributed by atoms with Crippen LogP contribution in [0, 0.1) is 27.9 Å². The fourth-order valence-electron chi connectivity index (χ4n) is 5.57. The molecule has 1 amide bonds. The molecular formula is C20H24N2O6. The Hall–Kier alpha value is -2.64. The van der Waals surface area contributed by atoms with Crippen molar-refractivity contribution < 1.29 is 23.7 Å². The minimum Gasteiger partial charge on any atom is -0.449 e. The summed E-state index contributed by atoms with van der Waals surface area (Å²) in [4.78, 5) is 34.5. The van der Waals surface area contributed by atoms with Crippen molar-refractivity contribution in [1.82, 2.24) is 5.32 Å². The van der Waals surface area contributed by atoms with Crippen molar-refractivity contribution >= 4 is 23.8 Å². The van der Waals surface area contributed by atoms with E-state index < -0.39 is 22.9 Å². The van der Waals surface area contributed by atoms with E-state index in [2.05, 4.69) is 5.32 Å². The Labute approximate surface area is 162 Å². The van der Waals surface area contributed by atoms with Crippen molar-refractivity contribution in [1.29, 1.82) is 0 Å². The summed E-state index contributed by atoms with van der Waals surface area (Å²) in [5, 5.41) is 13.8. The number of ether oxygens (including phenoxy) is 1. The zero-order valence-corrected chi connectivity index (χ0v) is 15.8. The molecule has 0 spiro atoms. The lowest BCUT2D eigenvalue weighted by Crippen LogP contribution is -2.61. The Morgan fingerprint density at radius 3 is 2.39 bits per heavy atom. The average Bonchev–Trinajstić information content (AvgIpc) is 3.07. The third kappa shape index (κ3) is 3.81. The van der Waals surface area contributed by atoms with Crippen LogP contribution in [0.4, 0.5) is 5.88 Å². The predicted molar refractivity (Wildman–Crippen MR) is 99.0 cm³/mol. The molecule has 4 aliphatic rings. The highest BCUT2D eigenvalue weighted by Gasteiger charge is 2.51. The van der Waals surface area contributed by atoms with E-state index in [1.165, 1.54) is 37.5 Å². The van der Waals surface area contributed by atoms with E-state index in [0.29, 0.717) is 17.8 Å². The molecule has 4 saturated carbocycles. The summed E-state index contributed by atoms with van der Waals surface area (Å²) in [5.41, 5.74) is -0.130. The highest BCUT2D eigenvalue weighted by Crippen LogP contribution is 2.55. The molecule has 1 aromatic heterocycles. The van der Waals surface area contributed by atoms with Crippen LogP contribution in [-0.4, -0.2) is 28.4 Å². The van der Waals surface area contributed by atoms with Gasteiger partial charge in [-0.15, -0.1) is 0 Å². The summed E-state index contributed by atoms with van der Waals surface area (Å²) in [6.07, 6.45) is 8.42. The van der Waals surface area contributed by atoms with E-state index in [0.717, 1.165) is 25.3 Å². The first-order valence-electron chi connectivity index (χ1n) is 9.77. The summed E-state index contributed by atoms with van der Waals surface area (Å²) in [6, 6.07) is 2.58. The van der Waals surface area contributed by atoms with Crippen LogP contribution in [0.2, 0.25) is 0 Å². The largest absolute Gasteiger partial charge is 0.449 e. The summed E-state index contributed by atoms with van der Waals surface area (Å²) in [5.74, 6) is 0.925. The topological polar surface area (TPSA) is 112 Å². The molecule has 0 saturated heterocycles. The molecule has 8 nitrogen and oxygen atoms in total. The third-order valence-corrected chi connectivity index (χ3v) is 6.26. The van der Waals surface area contributed by atoms with Gasteiger partial charge >= 0.3 is 11.9 Å². The smallest absolute Gasteiger partial charge is 0.433 e. The van der Waals surface area contributed by atoms with Gasteiger partial charge in [-0.05, 0) is 75.3 Å². The molecule has 0 aliphatic heterocycles. The van der Waals surface area contributed by atoms with Gasteiger partial charge in [-0.2, -0.15) is 0 Å². The Bertz CT molecular complexity index is 791. The van der Waals surface area contributed by atoms with E-state index in [-0.39, 0.29) is 17.2 Å². The number of nitrogens with zero attached hydrogens (tertiary/aromatic N) is 1. The van der Waals surface area contributed by atoms with Gasteiger partial charge in [0, 0.05) is 11.6 Å². The summed E-state index contributed by atoms with van der Waals surface area (Å²) in [7, 11) is 0. The normalized spacial score (nSPS) is 31.7. The molecule has 1 atom stereocenters. The lowest BCUT2D eigenvalue weighted by molar-refractivity contribution is -0.402. The van der Waals surface area contributed by atoms with Gasteiger partial charge in [0.1, 0.15) is 10.7 Å². The molecule has 1 heterocycles. The number of hydrogen-bond donors (Lipinski definition) is 1. The summed E-state index contributed by atoms with van der Waals surface area (Å²) < 4.78 is 10.1. The minimum absolute atomic E-state index is 0.130. The molecule has 28 heavy (non-hydrogen) atoms. The Kier molecular flexibility index (Phi) is 4.72. The van der Waals surface area contributed by atoms with Gasteiger partial charge in [-0.25, -0.2) is 4.79 Å². The number of hydrogen-bond acceptors (Lipinski definition) is 6. The van der Waals surface area contributed by atoms with E-state index in [9.17, 15) is 19.7 Å². The number of furan rings is 1. The number of carbonyl (C=O) groups excluding carboxylic acids is 2. The standard InChI is InChI=1S/C20H24N2O6/c1-12(27-18(23)5-3-16-2-4-17(28-16)22(25)26)19(24)21-20-9-13-6-14(10-20)8-15(7-13)11-20/h2-5,12-15H,6-11H2,1H3,(H,21,24)/b5-3+/t12-,13?,14?,15?,20?/m0/s1. The number of carbonyl (C=O) groups is 2. The fraction of sp³-hybridized carbons (Fsp3) is 0.600. The van der Waals surface area contributed by atoms with E-state index >= 15 is 0 Å². The first kappa shape index (κ1) is 18.7. The zero-order valence-electron chi connectivity index (χ0n) is 15.8. The molecule has 4 bridgehead atoms. The van der Waals surface area contributed by atoms with Crippen LogP contribution >= 0.6 is 0 Å². The van der Waals surface area contributed by atoms with Crippen molar-refractivity contribution in [2.45, 2.75) is 57.1 Å². The quantitative estimate of drug-likeness (QED) is 0.347. The maximum atomic E-state index is 12.6. The molecule has 5 rings (SSSR count). The van der Waals surface area contributed by atoms with Crippen LogP contribution in [0.3, 0.4) is 0 Å². The molecule has 0 unspecified atom stereocenters. The van der Waals surface area contributed by atoms with Crippen LogP contribution in [0.15, 0.2) is 22.6 Å². The molecule has 4 fully saturated rings. The molecular weight excluding hydrogens is 364 g/mol. The van der Waals surface area contributed by atoms with Crippen molar-refractivity contribution in [3.05, 3.63) is 34.1 Å². The minimum atomic E-state index is -0.906. The van der Waals surface area contributed by atoms with E-state index in [1.54, 1.807) is 6.92 Å². The SMILES string of the molecule is C[C@H](OC(=O)/C=C/c1ccc([N+](=O)[O-])o1)C(=O)NC12CC3CC(CC(C3)C1)C2. The highest BCUT2D eigenvalue weighted by atomic mass is 16.6. The molecule has 0 radical (unpaired) electrons. The van der Waals surface area contributed by atoms with Gasteiger partial charge < -0.3 is 14.5 Å². The first-order valence-corrected chi connectivity index (χ1v) is 9.77. The zero-order chi connectivity index (χ0) is 19.9. The van der Waals surface area contributed by atoms with Crippen LogP contribution in [0.5, 0.6) is 0 Å². The number of rotatable bonds is 6. The number of nitrogens with one attached hydrogen (secondary N) is 1. The van der Waals surface area contributed by atoms with Crippen molar-refractivity contribution in [2.75, 3.05) is 0 Å². The monoisotopic (exact) mass is 388 g/mol. The average molecular weight is 388 g/mol. The predicted octanol–water partition coefficient (Wildman–Crippen LogP) is 3.22. The number of nitro groups is 1. The molecule has 150 valence electrons. The van der Waals surface area contributed by atoms with Crippen molar-refractivity contribution in [3.8, 4) is 0 Å². The van der Waals surface area contributed by atoms with E-state index in [1.807, 2.05) is 0 Å². The maximum Gasteiger partial charge on any atom is 0.433 e. The van der Waals surface area contributed by atoms with Crippen LogP contribution in [-0.2, 0) is 14.3 Å². The van der Waals surface area contributed by atoms with Crippen LogP contribution in [0.25, 0.3) is 6.08 Å². The third-order valence-electron chi connectivity index (χ3n) is 6.26. The van der Waals surface area contributed by atoms with Gasteiger partial charge in [0.05, 0.1) is 6.07 Å². The highest BCUT2D eigenvalue weighted by molar-refractivity contribution is 5.90. The van der Waals surface area contributed by atoms with Gasteiger partial charge in [0.2, 0.25) is 0 Å². The summed E-state index contributed by atoms with van der Waals surface area (Å²) >= 11 is 0. The van der Waals surface area contributed by atoms with Crippen molar-refractivity contribution in [2.24, 2.45) is 17.8 Å². The first-order chi connectivity index (χ1) is 13.3. The van der Waals surface area contributed by atoms with E-state index in [4.69, 9.17) is 9.15 Å². The van der Waals surface area contributed by atoms with Gasteiger partial charge in [-0.1, -0.05) is 0 Å². The summed E-state index contributed by atoms with van der Waals surface area (Å²) in [6.45, 7) is 1.55. The van der Waals surface area contributed by atoms with Crippen LogP contribution in [0.1, 0.15) is 51.2 Å². The number of amides is 1. The molecule has 1 aromatic rings. The van der Waals surface area contributed by atoms with Gasteiger partial charge in [-0.3, -0.25) is 14.9 Å². The molecule has 4 aliphatic carbocycles. The fourth-order valence-corrected chi connectivity index (χ4v) is 5.57. The Morgan fingerprint density at radius 2 is 1.86 bits per heavy atom. The Balaban J connectivity index is 1.31. The Morgan fingerprint density at radius 1 is 1.25 bits per heavy atom. The van der Waals surface area contributed by atoms with Gasteiger partial charge in [0.25, 0.3) is 5.91 Å².